The van der Waals surface area contributed by atoms with Gasteiger partial charge >= 0.3 is 5.97 Å². The van der Waals surface area contributed by atoms with Crippen molar-refractivity contribution in [3.63, 3.8) is 0 Å². The molecule has 0 aliphatic carbocycles. The molecule has 6 nitrogen and oxygen atoms in total. The maximum atomic E-state index is 12.3. The second-order valence-corrected chi connectivity index (χ2v) is 7.86. The van der Waals surface area contributed by atoms with Gasteiger partial charge in [0, 0.05) is 5.02 Å². The average molecular weight is 384 g/mol. The van der Waals surface area contributed by atoms with E-state index in [0.717, 1.165) is 0 Å². The minimum Gasteiger partial charge on any atom is -0.480 e. The molecule has 0 aliphatic heterocycles. The number of hydrogen-bond donors (Lipinski definition) is 2. The van der Waals surface area contributed by atoms with Crippen LogP contribution in [0, 0.1) is 5.92 Å². The van der Waals surface area contributed by atoms with Gasteiger partial charge < -0.3 is 9.84 Å². The third-order valence-corrected chi connectivity index (χ3v) is 5.11. The summed E-state index contributed by atoms with van der Waals surface area (Å²) in [7, 11) is -3.95. The van der Waals surface area contributed by atoms with Gasteiger partial charge in [-0.2, -0.15) is 4.72 Å². The highest BCUT2D eigenvalue weighted by Crippen LogP contribution is 2.24. The highest BCUT2D eigenvalue weighted by atomic mass is 35.5. The van der Waals surface area contributed by atoms with Gasteiger partial charge in [-0.15, -0.1) is 0 Å². The van der Waals surface area contributed by atoms with Crippen LogP contribution in [0.1, 0.15) is 13.8 Å². The predicted octanol–water partition coefficient (Wildman–Crippen LogP) is 3.52. The number of ether oxygens (including phenoxy) is 1. The maximum absolute atomic E-state index is 12.3. The third-order valence-electron chi connectivity index (χ3n) is 3.40. The number of benzene rings is 2. The summed E-state index contributed by atoms with van der Waals surface area (Å²) in [6.07, 6.45) is 0. The fourth-order valence-corrected chi connectivity index (χ4v) is 3.50. The van der Waals surface area contributed by atoms with Crippen molar-refractivity contribution in [2.45, 2.75) is 24.8 Å². The number of aliphatic carboxylic acids is 1. The minimum absolute atomic E-state index is 0.0390. The predicted molar refractivity (Wildman–Crippen MR) is 94.6 cm³/mol. The lowest BCUT2D eigenvalue weighted by Gasteiger charge is -2.18. The van der Waals surface area contributed by atoms with Gasteiger partial charge in [0.05, 0.1) is 4.90 Å². The molecule has 1 atom stereocenters. The molecule has 0 radical (unpaired) electrons. The quantitative estimate of drug-likeness (QED) is 0.763. The summed E-state index contributed by atoms with van der Waals surface area (Å²) in [5.74, 6) is -0.607. The Balaban J connectivity index is 2.15. The third kappa shape index (κ3) is 5.19. The van der Waals surface area contributed by atoms with Gasteiger partial charge in [-0.3, -0.25) is 4.79 Å². The summed E-state index contributed by atoms with van der Waals surface area (Å²) >= 11 is 5.80. The molecule has 2 aromatic rings. The Hall–Kier alpha value is -2.09. The van der Waals surface area contributed by atoms with E-state index in [1.165, 1.54) is 24.3 Å². The monoisotopic (exact) mass is 383 g/mol. The smallest absolute Gasteiger partial charge is 0.322 e. The van der Waals surface area contributed by atoms with Gasteiger partial charge in [0.2, 0.25) is 10.0 Å². The molecule has 0 fully saturated rings. The Bertz CT molecular complexity index is 832. The van der Waals surface area contributed by atoms with Crippen LogP contribution in [0.2, 0.25) is 5.02 Å². The van der Waals surface area contributed by atoms with Crippen LogP contribution in [0.3, 0.4) is 0 Å². The van der Waals surface area contributed by atoms with E-state index < -0.39 is 22.0 Å². The lowest BCUT2D eigenvalue weighted by atomic mass is 10.1. The average Bonchev–Trinajstić information content (AvgIpc) is 2.55. The molecular weight excluding hydrogens is 366 g/mol. The van der Waals surface area contributed by atoms with Crippen molar-refractivity contribution < 1.29 is 23.1 Å². The lowest BCUT2D eigenvalue weighted by Crippen LogP contribution is -2.44. The first-order valence-electron chi connectivity index (χ1n) is 7.47. The van der Waals surface area contributed by atoms with Gasteiger partial charge in [0.25, 0.3) is 0 Å². The molecule has 0 unspecified atom stereocenters. The standard InChI is InChI=1S/C17H18ClNO5S/c1-11(2)16(17(20)21)19-25(22,23)15-9-7-14(8-10-15)24-13-5-3-12(18)4-6-13/h3-11,16,19H,1-2H3,(H,20,21)/t16-/m1/s1. The van der Waals surface area contributed by atoms with E-state index in [9.17, 15) is 13.2 Å². The van der Waals surface area contributed by atoms with Crippen LogP contribution in [-0.4, -0.2) is 25.5 Å². The highest BCUT2D eigenvalue weighted by molar-refractivity contribution is 7.89. The molecular formula is C17H18ClNO5S. The van der Waals surface area contributed by atoms with E-state index in [2.05, 4.69) is 4.72 Å². The Labute approximate surface area is 151 Å². The molecule has 0 heterocycles. The largest absolute Gasteiger partial charge is 0.480 e. The van der Waals surface area contributed by atoms with Crippen molar-refractivity contribution in [3.05, 3.63) is 53.6 Å². The van der Waals surface area contributed by atoms with Gasteiger partial charge in [-0.1, -0.05) is 25.4 Å². The SMILES string of the molecule is CC(C)[C@@H](NS(=O)(=O)c1ccc(Oc2ccc(Cl)cc2)cc1)C(=O)O. The number of rotatable bonds is 7. The molecule has 0 bridgehead atoms. The molecule has 0 spiro atoms. The number of halogens is 1. The van der Waals surface area contributed by atoms with E-state index in [4.69, 9.17) is 21.4 Å². The zero-order valence-electron chi connectivity index (χ0n) is 13.6. The van der Waals surface area contributed by atoms with Crippen LogP contribution in [0.15, 0.2) is 53.4 Å². The molecule has 0 saturated carbocycles. The first-order chi connectivity index (χ1) is 11.7. The topological polar surface area (TPSA) is 92.7 Å². The summed E-state index contributed by atoms with van der Waals surface area (Å²) in [6, 6.07) is 11.2. The summed E-state index contributed by atoms with van der Waals surface area (Å²) in [6.45, 7) is 3.26. The van der Waals surface area contributed by atoms with Crippen LogP contribution in [0.4, 0.5) is 0 Å². The number of carboxylic acid groups (broad SMARTS) is 1. The fraction of sp³-hybridized carbons (Fsp3) is 0.235. The van der Waals surface area contributed by atoms with Crippen LogP contribution in [0.5, 0.6) is 11.5 Å². The summed E-state index contributed by atoms with van der Waals surface area (Å²) in [5, 5.41) is 9.71. The van der Waals surface area contributed by atoms with Crippen LogP contribution in [0.25, 0.3) is 0 Å². The number of carboxylic acids is 1. The Morgan fingerprint density at radius 3 is 1.96 bits per heavy atom. The maximum Gasteiger partial charge on any atom is 0.322 e. The highest BCUT2D eigenvalue weighted by Gasteiger charge is 2.27. The van der Waals surface area contributed by atoms with Crippen molar-refractivity contribution in [1.82, 2.24) is 4.72 Å². The number of carbonyl (C=O) groups is 1. The van der Waals surface area contributed by atoms with Crippen molar-refractivity contribution in [3.8, 4) is 11.5 Å². The summed E-state index contributed by atoms with van der Waals surface area (Å²) in [4.78, 5) is 11.1. The molecule has 25 heavy (non-hydrogen) atoms. The number of nitrogens with one attached hydrogen (secondary N) is 1. The minimum atomic E-state index is -3.95. The fourth-order valence-electron chi connectivity index (χ4n) is 2.03. The van der Waals surface area contributed by atoms with Gasteiger partial charge in [-0.25, -0.2) is 8.42 Å². The van der Waals surface area contributed by atoms with Gasteiger partial charge in [0.1, 0.15) is 17.5 Å². The first kappa shape index (κ1) is 19.2. The molecule has 0 aliphatic rings. The first-order valence-corrected chi connectivity index (χ1v) is 9.34. The van der Waals surface area contributed by atoms with E-state index in [1.54, 1.807) is 38.1 Å². The molecule has 2 aromatic carbocycles. The number of sulfonamides is 1. The van der Waals surface area contributed by atoms with Crippen LogP contribution >= 0.6 is 11.6 Å². The zero-order valence-corrected chi connectivity index (χ0v) is 15.2. The molecule has 2 N–H and O–H groups in total. The second-order valence-electron chi connectivity index (χ2n) is 5.71. The summed E-state index contributed by atoms with van der Waals surface area (Å²) < 4.78 is 32.4. The molecule has 0 aromatic heterocycles. The Morgan fingerprint density at radius 2 is 1.52 bits per heavy atom. The number of hydrogen-bond acceptors (Lipinski definition) is 4. The summed E-state index contributed by atoms with van der Waals surface area (Å²) in [5.41, 5.74) is 0. The second kappa shape index (κ2) is 7.86. The van der Waals surface area contributed by atoms with Crippen molar-refractivity contribution in [2.75, 3.05) is 0 Å². The Morgan fingerprint density at radius 1 is 1.04 bits per heavy atom. The van der Waals surface area contributed by atoms with E-state index >= 15 is 0 Å². The molecule has 0 saturated heterocycles. The van der Waals surface area contributed by atoms with E-state index in [-0.39, 0.29) is 10.8 Å². The van der Waals surface area contributed by atoms with Crippen molar-refractivity contribution >= 4 is 27.6 Å². The van der Waals surface area contributed by atoms with Crippen molar-refractivity contribution in [2.24, 2.45) is 5.92 Å². The van der Waals surface area contributed by atoms with Crippen molar-refractivity contribution in [1.29, 1.82) is 0 Å². The van der Waals surface area contributed by atoms with E-state index in [1.807, 2.05) is 0 Å². The lowest BCUT2D eigenvalue weighted by molar-refractivity contribution is -0.140. The van der Waals surface area contributed by atoms with Crippen LogP contribution < -0.4 is 9.46 Å². The zero-order chi connectivity index (χ0) is 18.6. The van der Waals surface area contributed by atoms with Crippen LogP contribution in [-0.2, 0) is 14.8 Å². The molecule has 134 valence electrons. The molecule has 8 heteroatoms. The van der Waals surface area contributed by atoms with E-state index in [0.29, 0.717) is 16.5 Å². The van der Waals surface area contributed by atoms with Gasteiger partial charge in [-0.05, 0) is 54.4 Å². The molecule has 0 amide bonds. The Kier molecular flexibility index (Phi) is 6.05. The normalized spacial score (nSPS) is 12.8. The molecule has 2 rings (SSSR count). The van der Waals surface area contributed by atoms with Gasteiger partial charge in [0.15, 0.2) is 0 Å².